The smallest absolute Gasteiger partial charge is 0.136 e. The minimum atomic E-state index is 0.755. The number of aromatic nitrogens is 4. The molecule has 0 bridgehead atoms. The first-order valence-electron chi connectivity index (χ1n) is 8.26. The largest absolute Gasteiger partial charge is 0.347 e. The van der Waals surface area contributed by atoms with Crippen molar-refractivity contribution in [3.63, 3.8) is 0 Å². The number of fused-ring (bicyclic) bond motifs is 1. The molecule has 0 saturated carbocycles. The second-order valence-electron chi connectivity index (χ2n) is 5.87. The van der Waals surface area contributed by atoms with Crippen molar-refractivity contribution in [3.05, 3.63) is 79.7 Å². The molecule has 5 nitrogen and oxygen atoms in total. The van der Waals surface area contributed by atoms with Gasteiger partial charge in [0, 0.05) is 35.1 Å². The van der Waals surface area contributed by atoms with Crippen LogP contribution >= 0.6 is 0 Å². The summed E-state index contributed by atoms with van der Waals surface area (Å²) in [6.45, 7) is 5.70. The van der Waals surface area contributed by atoms with Crippen LogP contribution in [0, 0.1) is 6.92 Å². The second kappa shape index (κ2) is 6.72. The summed E-state index contributed by atoms with van der Waals surface area (Å²) in [5.41, 5.74) is 6.05. The highest BCUT2D eigenvalue weighted by molar-refractivity contribution is 5.96. The molecule has 4 rings (SSSR count). The number of hydrogen-bond acceptors (Lipinski definition) is 5. The van der Waals surface area contributed by atoms with E-state index in [0.717, 1.165) is 44.7 Å². The van der Waals surface area contributed by atoms with E-state index < -0.39 is 0 Å². The van der Waals surface area contributed by atoms with Gasteiger partial charge in [-0.25, -0.2) is 9.97 Å². The van der Waals surface area contributed by atoms with E-state index in [-0.39, 0.29) is 0 Å². The summed E-state index contributed by atoms with van der Waals surface area (Å²) in [5.74, 6) is 0.755. The summed E-state index contributed by atoms with van der Waals surface area (Å²) in [7, 11) is 0. The molecule has 0 amide bonds. The maximum Gasteiger partial charge on any atom is 0.136 e. The highest BCUT2D eigenvalue weighted by Crippen LogP contribution is 2.32. The normalized spacial score (nSPS) is 10.7. The third-order valence-corrected chi connectivity index (χ3v) is 4.33. The van der Waals surface area contributed by atoms with Crippen LogP contribution < -0.4 is 5.32 Å². The summed E-state index contributed by atoms with van der Waals surface area (Å²) in [4.78, 5) is 17.4. The minimum Gasteiger partial charge on any atom is -0.347 e. The molecule has 1 aromatic carbocycles. The molecule has 0 unspecified atom stereocenters. The van der Waals surface area contributed by atoms with Gasteiger partial charge in [-0.05, 0) is 54.6 Å². The fourth-order valence-electron chi connectivity index (χ4n) is 3.06. The topological polar surface area (TPSA) is 63.6 Å². The van der Waals surface area contributed by atoms with Gasteiger partial charge in [0.2, 0.25) is 0 Å². The highest BCUT2D eigenvalue weighted by Gasteiger charge is 2.11. The Morgan fingerprint density at radius 3 is 2.58 bits per heavy atom. The molecule has 0 aliphatic heterocycles. The minimum absolute atomic E-state index is 0.755. The number of hydrogen-bond donors (Lipinski definition) is 1. The lowest BCUT2D eigenvalue weighted by Gasteiger charge is -2.11. The Balaban J connectivity index is 1.91. The molecule has 0 saturated heterocycles. The Bertz CT molecular complexity index is 1090. The Morgan fingerprint density at radius 2 is 1.77 bits per heavy atom. The van der Waals surface area contributed by atoms with Crippen LogP contribution in [0.1, 0.15) is 5.56 Å². The van der Waals surface area contributed by atoms with Crippen LogP contribution in [0.5, 0.6) is 0 Å². The fraction of sp³-hybridized carbons (Fsp3) is 0.0476. The number of nitrogens with one attached hydrogen (secondary N) is 1. The van der Waals surface area contributed by atoms with Crippen LogP contribution in [-0.4, -0.2) is 19.9 Å². The molecule has 0 spiro atoms. The van der Waals surface area contributed by atoms with Crippen molar-refractivity contribution in [1.29, 1.82) is 0 Å². The van der Waals surface area contributed by atoms with E-state index in [2.05, 4.69) is 37.9 Å². The molecule has 126 valence electrons. The lowest BCUT2D eigenvalue weighted by molar-refractivity contribution is 1.14. The predicted octanol–water partition coefficient (Wildman–Crippen LogP) is 4.62. The van der Waals surface area contributed by atoms with Crippen molar-refractivity contribution in [2.24, 2.45) is 0 Å². The molecule has 0 atom stereocenters. The van der Waals surface area contributed by atoms with Crippen LogP contribution in [-0.2, 0) is 0 Å². The van der Waals surface area contributed by atoms with E-state index >= 15 is 0 Å². The summed E-state index contributed by atoms with van der Waals surface area (Å²) >= 11 is 0. The van der Waals surface area contributed by atoms with Crippen molar-refractivity contribution in [2.45, 2.75) is 6.92 Å². The Labute approximate surface area is 151 Å². The Kier molecular flexibility index (Phi) is 4.11. The highest BCUT2D eigenvalue weighted by atomic mass is 15.0. The van der Waals surface area contributed by atoms with Gasteiger partial charge in [0.25, 0.3) is 0 Å². The van der Waals surface area contributed by atoms with Gasteiger partial charge >= 0.3 is 0 Å². The maximum atomic E-state index is 4.50. The zero-order valence-electron chi connectivity index (χ0n) is 14.3. The second-order valence-corrected chi connectivity index (χ2v) is 5.87. The lowest BCUT2D eigenvalue weighted by atomic mass is 9.98. The molecular formula is C21H17N5. The molecule has 0 fully saturated rings. The van der Waals surface area contributed by atoms with Gasteiger partial charge in [0.05, 0.1) is 11.2 Å². The third-order valence-electron chi connectivity index (χ3n) is 4.33. The molecule has 5 heteroatoms. The quantitative estimate of drug-likeness (QED) is 0.588. The average Bonchev–Trinajstić information content (AvgIpc) is 2.69. The van der Waals surface area contributed by atoms with E-state index in [0.29, 0.717) is 0 Å². The molecule has 0 aliphatic rings. The first-order valence-corrected chi connectivity index (χ1v) is 8.26. The van der Waals surface area contributed by atoms with E-state index in [1.54, 1.807) is 24.9 Å². The molecule has 26 heavy (non-hydrogen) atoms. The Morgan fingerprint density at radius 1 is 0.923 bits per heavy atom. The standard InChI is InChI=1S/C21H17N5/c1-3-23-21-14(2)20(25-13-26-21)16-4-5-19-18(12-16)17(8-11-24-19)15-6-9-22-10-7-15/h3-13H,1H2,2H3,(H,23,25,26). The molecule has 1 N–H and O–H groups in total. The summed E-state index contributed by atoms with van der Waals surface area (Å²) in [6.07, 6.45) is 8.61. The van der Waals surface area contributed by atoms with Gasteiger partial charge in [0.1, 0.15) is 12.1 Å². The van der Waals surface area contributed by atoms with Crippen molar-refractivity contribution in [1.82, 2.24) is 19.9 Å². The van der Waals surface area contributed by atoms with Gasteiger partial charge in [-0.1, -0.05) is 12.6 Å². The molecule has 4 aromatic rings. The van der Waals surface area contributed by atoms with Crippen molar-refractivity contribution < 1.29 is 0 Å². The van der Waals surface area contributed by atoms with Crippen molar-refractivity contribution in [3.8, 4) is 22.4 Å². The molecule has 0 radical (unpaired) electrons. The van der Waals surface area contributed by atoms with Gasteiger partial charge in [0.15, 0.2) is 0 Å². The number of pyridine rings is 2. The van der Waals surface area contributed by atoms with Crippen LogP contribution in [0.4, 0.5) is 5.82 Å². The third kappa shape index (κ3) is 2.80. The zero-order valence-corrected chi connectivity index (χ0v) is 14.3. The van der Waals surface area contributed by atoms with Crippen LogP contribution in [0.15, 0.2) is 74.1 Å². The van der Waals surface area contributed by atoms with Gasteiger partial charge in [-0.3, -0.25) is 9.97 Å². The number of benzene rings is 1. The van der Waals surface area contributed by atoms with Gasteiger partial charge in [-0.2, -0.15) is 0 Å². The van der Waals surface area contributed by atoms with E-state index in [1.165, 1.54) is 0 Å². The van der Waals surface area contributed by atoms with E-state index in [9.17, 15) is 0 Å². The summed E-state index contributed by atoms with van der Waals surface area (Å²) in [5, 5.41) is 4.13. The lowest BCUT2D eigenvalue weighted by Crippen LogP contribution is -1.98. The van der Waals surface area contributed by atoms with Gasteiger partial charge in [-0.15, -0.1) is 0 Å². The summed E-state index contributed by atoms with van der Waals surface area (Å²) < 4.78 is 0. The number of rotatable bonds is 4. The number of anilines is 1. The molecule has 3 heterocycles. The van der Waals surface area contributed by atoms with Crippen LogP contribution in [0.3, 0.4) is 0 Å². The van der Waals surface area contributed by atoms with Crippen molar-refractivity contribution in [2.75, 3.05) is 5.32 Å². The van der Waals surface area contributed by atoms with Gasteiger partial charge < -0.3 is 5.32 Å². The molecule has 0 aliphatic carbocycles. The number of nitrogens with zero attached hydrogens (tertiary/aromatic N) is 4. The van der Waals surface area contributed by atoms with Crippen LogP contribution in [0.2, 0.25) is 0 Å². The van der Waals surface area contributed by atoms with E-state index in [1.807, 2.05) is 43.5 Å². The average molecular weight is 339 g/mol. The Hall–Kier alpha value is -3.60. The van der Waals surface area contributed by atoms with E-state index in [4.69, 9.17) is 0 Å². The van der Waals surface area contributed by atoms with Crippen molar-refractivity contribution >= 4 is 16.7 Å². The molecular weight excluding hydrogens is 322 g/mol. The fourth-order valence-corrected chi connectivity index (χ4v) is 3.06. The van der Waals surface area contributed by atoms with Crippen LogP contribution in [0.25, 0.3) is 33.3 Å². The zero-order chi connectivity index (χ0) is 17.9. The maximum absolute atomic E-state index is 4.50. The predicted molar refractivity (Wildman–Crippen MR) is 105 cm³/mol. The monoisotopic (exact) mass is 339 g/mol. The first-order chi connectivity index (χ1) is 12.8. The molecule has 3 aromatic heterocycles. The SMILES string of the molecule is C=CNc1ncnc(-c2ccc3nccc(-c4ccncc4)c3c2)c1C. The first kappa shape index (κ1) is 15.9. The summed E-state index contributed by atoms with van der Waals surface area (Å²) in [6, 6.07) is 12.2.